The highest BCUT2D eigenvalue weighted by Gasteiger charge is 2.47. The van der Waals surface area contributed by atoms with Crippen molar-refractivity contribution in [2.75, 3.05) is 26.3 Å². The van der Waals surface area contributed by atoms with E-state index in [9.17, 15) is 0 Å². The molecule has 2 aliphatic rings. The number of benzene rings is 1. The lowest BCUT2D eigenvalue weighted by molar-refractivity contribution is -0.0869. The molecule has 0 aromatic heterocycles. The van der Waals surface area contributed by atoms with Crippen molar-refractivity contribution in [2.45, 2.75) is 18.8 Å². The van der Waals surface area contributed by atoms with E-state index in [2.05, 4.69) is 36.5 Å². The van der Waals surface area contributed by atoms with Gasteiger partial charge in [0.05, 0.1) is 13.2 Å². The fourth-order valence-corrected chi connectivity index (χ4v) is 3.04. The Bertz CT molecular complexity index is 378. The van der Waals surface area contributed by atoms with E-state index in [4.69, 9.17) is 4.74 Å². The maximum Gasteiger partial charge on any atom is 0.0588 e. The van der Waals surface area contributed by atoms with Gasteiger partial charge in [0.25, 0.3) is 0 Å². The zero-order chi connectivity index (χ0) is 11.0. The molecule has 1 aromatic rings. The Balaban J connectivity index is 1.94. The summed E-state index contributed by atoms with van der Waals surface area (Å²) in [5.41, 5.74) is 3.14. The quantitative estimate of drug-likeness (QED) is 0.816. The van der Waals surface area contributed by atoms with E-state index < -0.39 is 0 Å². The summed E-state index contributed by atoms with van der Waals surface area (Å²) in [6.45, 7) is 6.30. The van der Waals surface area contributed by atoms with Crippen molar-refractivity contribution in [3.63, 3.8) is 0 Å². The lowest BCUT2D eigenvalue weighted by atomic mass is 9.68. The van der Waals surface area contributed by atoms with E-state index in [1.807, 2.05) is 0 Å². The van der Waals surface area contributed by atoms with E-state index in [0.717, 1.165) is 32.2 Å². The molecule has 1 aromatic carbocycles. The van der Waals surface area contributed by atoms with Crippen molar-refractivity contribution < 1.29 is 4.74 Å². The van der Waals surface area contributed by atoms with Crippen LogP contribution in [0.5, 0.6) is 0 Å². The molecule has 0 bridgehead atoms. The summed E-state index contributed by atoms with van der Waals surface area (Å²) in [4.78, 5) is 0. The van der Waals surface area contributed by atoms with E-state index in [0.29, 0.717) is 5.41 Å². The molecule has 1 unspecified atom stereocenters. The predicted octanol–water partition coefficient (Wildman–Crippen LogP) is 1.87. The number of ether oxygens (including phenoxy) is 1. The van der Waals surface area contributed by atoms with Crippen LogP contribution in [0, 0.1) is 12.8 Å². The second-order valence-corrected chi connectivity index (χ2v) is 5.21. The average Bonchev–Trinajstić information content (AvgIpc) is 2.70. The van der Waals surface area contributed by atoms with Crippen molar-refractivity contribution >= 4 is 0 Å². The SMILES string of the molecule is Cc1cccc(C2(C3CCNC3)COC2)c1. The number of hydrogen-bond acceptors (Lipinski definition) is 2. The van der Waals surface area contributed by atoms with E-state index in [1.165, 1.54) is 17.5 Å². The minimum atomic E-state index is 0.301. The molecule has 2 fully saturated rings. The predicted molar refractivity (Wildman–Crippen MR) is 64.7 cm³/mol. The molecule has 0 saturated carbocycles. The van der Waals surface area contributed by atoms with Crippen molar-refractivity contribution in [3.05, 3.63) is 35.4 Å². The van der Waals surface area contributed by atoms with Crippen LogP contribution in [0.15, 0.2) is 24.3 Å². The molecule has 1 N–H and O–H groups in total. The average molecular weight is 217 g/mol. The molecule has 0 aliphatic carbocycles. The number of rotatable bonds is 2. The number of hydrogen-bond donors (Lipinski definition) is 1. The lowest BCUT2D eigenvalue weighted by Crippen LogP contribution is -2.53. The fourth-order valence-electron chi connectivity index (χ4n) is 3.04. The summed E-state index contributed by atoms with van der Waals surface area (Å²) in [5.74, 6) is 0.753. The highest BCUT2D eigenvalue weighted by atomic mass is 16.5. The minimum Gasteiger partial charge on any atom is -0.379 e. The number of nitrogens with one attached hydrogen (secondary N) is 1. The molecule has 2 nitrogen and oxygen atoms in total. The van der Waals surface area contributed by atoms with Crippen LogP contribution in [0.25, 0.3) is 0 Å². The molecule has 0 amide bonds. The van der Waals surface area contributed by atoms with Gasteiger partial charge in [-0.05, 0) is 37.9 Å². The van der Waals surface area contributed by atoms with Gasteiger partial charge in [-0.25, -0.2) is 0 Å². The Kier molecular flexibility index (Phi) is 2.49. The van der Waals surface area contributed by atoms with Crippen LogP contribution in [0.4, 0.5) is 0 Å². The summed E-state index contributed by atoms with van der Waals surface area (Å²) >= 11 is 0. The molecule has 2 aliphatic heterocycles. The molecule has 1 atom stereocenters. The second kappa shape index (κ2) is 3.86. The highest BCUT2D eigenvalue weighted by Crippen LogP contribution is 2.42. The third kappa shape index (κ3) is 1.48. The van der Waals surface area contributed by atoms with Crippen LogP contribution < -0.4 is 5.32 Å². The Labute approximate surface area is 97.0 Å². The van der Waals surface area contributed by atoms with Gasteiger partial charge in [-0.3, -0.25) is 0 Å². The first-order valence-electron chi connectivity index (χ1n) is 6.17. The molecule has 86 valence electrons. The van der Waals surface area contributed by atoms with Gasteiger partial charge < -0.3 is 10.1 Å². The molecule has 2 heterocycles. The normalized spacial score (nSPS) is 27.7. The standard InChI is InChI=1S/C14H19NO/c1-11-3-2-4-12(7-11)14(9-16-10-14)13-5-6-15-8-13/h2-4,7,13,15H,5-6,8-10H2,1H3. The Morgan fingerprint density at radius 3 is 2.81 bits per heavy atom. The summed E-state index contributed by atoms with van der Waals surface area (Å²) in [6, 6.07) is 8.95. The van der Waals surface area contributed by atoms with Gasteiger partial charge in [0.1, 0.15) is 0 Å². The molecule has 0 spiro atoms. The van der Waals surface area contributed by atoms with Crippen molar-refractivity contribution in [2.24, 2.45) is 5.92 Å². The Morgan fingerprint density at radius 1 is 1.38 bits per heavy atom. The monoisotopic (exact) mass is 217 g/mol. The van der Waals surface area contributed by atoms with Gasteiger partial charge in [-0.15, -0.1) is 0 Å². The van der Waals surface area contributed by atoms with Gasteiger partial charge in [0, 0.05) is 5.41 Å². The van der Waals surface area contributed by atoms with Gasteiger partial charge in [0.15, 0.2) is 0 Å². The summed E-state index contributed by atoms with van der Waals surface area (Å²) in [5, 5.41) is 3.48. The van der Waals surface area contributed by atoms with E-state index >= 15 is 0 Å². The molecular weight excluding hydrogens is 198 g/mol. The minimum absolute atomic E-state index is 0.301. The second-order valence-electron chi connectivity index (χ2n) is 5.21. The van der Waals surface area contributed by atoms with Crippen molar-refractivity contribution in [3.8, 4) is 0 Å². The Morgan fingerprint density at radius 2 is 2.25 bits per heavy atom. The first kappa shape index (κ1) is 10.3. The van der Waals surface area contributed by atoms with Gasteiger partial charge in [-0.2, -0.15) is 0 Å². The van der Waals surface area contributed by atoms with Gasteiger partial charge >= 0.3 is 0 Å². The van der Waals surface area contributed by atoms with Crippen LogP contribution in [0.2, 0.25) is 0 Å². The third-order valence-corrected chi connectivity index (χ3v) is 4.15. The Hall–Kier alpha value is -0.860. The molecule has 2 saturated heterocycles. The summed E-state index contributed by atoms with van der Waals surface area (Å²) in [7, 11) is 0. The van der Waals surface area contributed by atoms with E-state index in [-0.39, 0.29) is 0 Å². The first-order chi connectivity index (χ1) is 7.81. The van der Waals surface area contributed by atoms with Crippen molar-refractivity contribution in [1.82, 2.24) is 5.32 Å². The van der Waals surface area contributed by atoms with Crippen molar-refractivity contribution in [1.29, 1.82) is 0 Å². The molecule has 2 heteroatoms. The molecule has 3 rings (SSSR count). The maximum absolute atomic E-state index is 5.52. The lowest BCUT2D eigenvalue weighted by Gasteiger charge is -2.46. The zero-order valence-corrected chi connectivity index (χ0v) is 9.83. The smallest absolute Gasteiger partial charge is 0.0588 e. The van der Waals surface area contributed by atoms with Crippen LogP contribution in [0.3, 0.4) is 0 Å². The third-order valence-electron chi connectivity index (χ3n) is 4.15. The number of aryl methyl sites for hydroxylation is 1. The first-order valence-corrected chi connectivity index (χ1v) is 6.17. The largest absolute Gasteiger partial charge is 0.379 e. The topological polar surface area (TPSA) is 21.3 Å². The highest BCUT2D eigenvalue weighted by molar-refractivity contribution is 5.33. The molecule has 0 radical (unpaired) electrons. The molecule has 16 heavy (non-hydrogen) atoms. The zero-order valence-electron chi connectivity index (χ0n) is 9.83. The summed E-state index contributed by atoms with van der Waals surface area (Å²) in [6.07, 6.45) is 1.29. The van der Waals surface area contributed by atoms with Gasteiger partial charge in [-0.1, -0.05) is 29.8 Å². The fraction of sp³-hybridized carbons (Fsp3) is 0.571. The van der Waals surface area contributed by atoms with E-state index in [1.54, 1.807) is 0 Å². The van der Waals surface area contributed by atoms with Crippen LogP contribution in [-0.4, -0.2) is 26.3 Å². The van der Waals surface area contributed by atoms with Crippen LogP contribution in [-0.2, 0) is 10.2 Å². The van der Waals surface area contributed by atoms with Crippen LogP contribution in [0.1, 0.15) is 17.5 Å². The maximum atomic E-state index is 5.52. The summed E-state index contributed by atoms with van der Waals surface area (Å²) < 4.78 is 5.52. The van der Waals surface area contributed by atoms with Crippen LogP contribution >= 0.6 is 0 Å². The molecular formula is C14H19NO. The van der Waals surface area contributed by atoms with Gasteiger partial charge in [0.2, 0.25) is 0 Å².